The molecule has 0 spiro atoms. The van der Waals surface area contributed by atoms with Gasteiger partial charge < -0.3 is 14.8 Å². The number of rotatable bonds is 10. The van der Waals surface area contributed by atoms with Crippen molar-refractivity contribution < 1.29 is 9.47 Å². The predicted octanol–water partition coefficient (Wildman–Crippen LogP) is 4.00. The zero-order valence-corrected chi connectivity index (χ0v) is 22.9. The lowest BCUT2D eigenvalue weighted by Gasteiger charge is -2.35. The number of methoxy groups -OCH3 is 2. The fourth-order valence-corrected chi connectivity index (χ4v) is 5.50. The Morgan fingerprint density at radius 1 is 1.08 bits per heavy atom. The third kappa shape index (κ3) is 5.06. The van der Waals surface area contributed by atoms with Gasteiger partial charge in [0.25, 0.3) is 5.56 Å². The monoisotopic (exact) mass is 546 g/mol. The van der Waals surface area contributed by atoms with Crippen LogP contribution in [0.3, 0.4) is 0 Å². The second-order valence-electron chi connectivity index (χ2n) is 9.71. The number of nitrogens with zero attached hydrogens (tertiary/aromatic N) is 7. The summed E-state index contributed by atoms with van der Waals surface area (Å²) in [5.41, 5.74) is 3.13. The van der Waals surface area contributed by atoms with Crippen molar-refractivity contribution in [1.82, 2.24) is 34.5 Å². The highest BCUT2D eigenvalue weighted by Gasteiger charge is 2.35. The second kappa shape index (κ2) is 10.9. The quantitative estimate of drug-likeness (QED) is 0.290. The van der Waals surface area contributed by atoms with Gasteiger partial charge >= 0.3 is 0 Å². The molecular weight excluding hydrogens is 516 g/mol. The van der Waals surface area contributed by atoms with Crippen LogP contribution < -0.4 is 15.6 Å². The topological polar surface area (TPSA) is 130 Å². The number of ether oxygens (including phenoxy) is 2. The number of thioether (sulfide) groups is 1. The third-order valence-electron chi connectivity index (χ3n) is 7.17. The molecule has 0 aromatic carbocycles. The fourth-order valence-electron chi connectivity index (χ4n) is 4.87. The first-order valence-electron chi connectivity index (χ1n) is 13.1. The van der Waals surface area contributed by atoms with Gasteiger partial charge in [-0.1, -0.05) is 6.92 Å². The highest BCUT2D eigenvalue weighted by molar-refractivity contribution is 7.99. The van der Waals surface area contributed by atoms with E-state index in [1.165, 1.54) is 6.33 Å². The largest absolute Gasteiger partial charge is 0.480 e. The Bertz CT molecular complexity index is 1550. The van der Waals surface area contributed by atoms with Crippen molar-refractivity contribution in [3.63, 3.8) is 0 Å². The lowest BCUT2D eigenvalue weighted by molar-refractivity contribution is 0.00636. The van der Waals surface area contributed by atoms with E-state index in [9.17, 15) is 4.79 Å². The fraction of sp³-hybridized carbons (Fsp3) is 0.444. The zero-order chi connectivity index (χ0) is 26.9. The van der Waals surface area contributed by atoms with Crippen molar-refractivity contribution in [2.24, 2.45) is 0 Å². The molecule has 2 fully saturated rings. The maximum absolute atomic E-state index is 13.8. The van der Waals surface area contributed by atoms with Crippen LogP contribution in [0.25, 0.3) is 22.6 Å². The summed E-state index contributed by atoms with van der Waals surface area (Å²) in [5.74, 6) is 2.41. The summed E-state index contributed by atoms with van der Waals surface area (Å²) in [5, 5.41) is 3.20. The molecular formula is C27H30N8O3S. The van der Waals surface area contributed by atoms with Crippen molar-refractivity contribution >= 4 is 28.7 Å². The molecule has 4 aromatic rings. The Labute approximate surface area is 229 Å². The van der Waals surface area contributed by atoms with Crippen LogP contribution >= 0.6 is 11.8 Å². The van der Waals surface area contributed by atoms with Gasteiger partial charge in [0.2, 0.25) is 5.88 Å². The first-order chi connectivity index (χ1) is 19.1. The van der Waals surface area contributed by atoms with E-state index in [2.05, 4.69) is 37.2 Å². The molecule has 0 atom stereocenters. The van der Waals surface area contributed by atoms with E-state index in [0.717, 1.165) is 47.7 Å². The predicted molar refractivity (Wildman–Crippen MR) is 148 cm³/mol. The molecule has 39 heavy (non-hydrogen) atoms. The summed E-state index contributed by atoms with van der Waals surface area (Å²) in [6, 6.07) is 3.94. The van der Waals surface area contributed by atoms with E-state index in [0.29, 0.717) is 40.9 Å². The van der Waals surface area contributed by atoms with Crippen LogP contribution in [0.4, 0.5) is 5.82 Å². The summed E-state index contributed by atoms with van der Waals surface area (Å²) < 4.78 is 12.8. The van der Waals surface area contributed by atoms with Gasteiger partial charge in [-0.3, -0.25) is 14.3 Å². The molecule has 12 heteroatoms. The minimum absolute atomic E-state index is 0.0588. The SMILES string of the molecule is CCSc1ccc(CNc2nc3cnc(-c4c(OC)ncnc4C4CC4)nc3n(C3CC(OC)C3)c2=O)nc1. The molecule has 4 heterocycles. The normalized spacial score (nSPS) is 18.6. The van der Waals surface area contributed by atoms with Crippen LogP contribution in [-0.2, 0) is 11.3 Å². The van der Waals surface area contributed by atoms with Crippen molar-refractivity contribution in [3.8, 4) is 17.3 Å². The molecule has 0 amide bonds. The van der Waals surface area contributed by atoms with Crippen LogP contribution in [0, 0.1) is 0 Å². The number of anilines is 1. The molecule has 0 unspecified atom stereocenters. The van der Waals surface area contributed by atoms with Crippen molar-refractivity contribution in [2.45, 2.75) is 62.1 Å². The Morgan fingerprint density at radius 3 is 2.62 bits per heavy atom. The van der Waals surface area contributed by atoms with E-state index in [1.54, 1.807) is 36.7 Å². The molecule has 202 valence electrons. The molecule has 11 nitrogen and oxygen atoms in total. The Balaban J connectivity index is 1.40. The summed E-state index contributed by atoms with van der Waals surface area (Å²) in [6.45, 7) is 2.48. The number of nitrogens with one attached hydrogen (secondary N) is 1. The molecule has 0 saturated heterocycles. The Hall–Kier alpha value is -3.64. The van der Waals surface area contributed by atoms with Crippen molar-refractivity contribution in [2.75, 3.05) is 25.3 Å². The first-order valence-corrected chi connectivity index (χ1v) is 14.1. The molecule has 2 saturated carbocycles. The summed E-state index contributed by atoms with van der Waals surface area (Å²) in [6.07, 6.45) is 8.67. The highest BCUT2D eigenvalue weighted by atomic mass is 32.2. The standard InChI is InChI=1S/C27H30N8O3S/c1-4-39-19-8-7-16(28-12-19)11-29-24-27(36)35(17-9-18(10-17)37-2)25-20(33-24)13-30-23(34-25)21-22(15-5-6-15)31-14-32-26(21)38-3/h7-8,12-15,17-18H,4-6,9-11H2,1-3H3,(H,29,33). The average molecular weight is 547 g/mol. The van der Waals surface area contributed by atoms with Crippen LogP contribution in [0.2, 0.25) is 0 Å². The number of fused-ring (bicyclic) bond motifs is 1. The summed E-state index contributed by atoms with van der Waals surface area (Å²) in [4.78, 5) is 42.4. The molecule has 2 aliphatic rings. The molecule has 0 aliphatic heterocycles. The minimum Gasteiger partial charge on any atom is -0.480 e. The van der Waals surface area contributed by atoms with Crippen molar-refractivity contribution in [3.05, 3.63) is 52.6 Å². The smallest absolute Gasteiger partial charge is 0.295 e. The molecule has 2 aliphatic carbocycles. The Morgan fingerprint density at radius 2 is 1.92 bits per heavy atom. The van der Waals surface area contributed by atoms with E-state index in [1.807, 2.05) is 18.3 Å². The van der Waals surface area contributed by atoms with Gasteiger partial charge in [0, 0.05) is 30.2 Å². The van der Waals surface area contributed by atoms with E-state index in [4.69, 9.17) is 14.5 Å². The maximum atomic E-state index is 13.8. The van der Waals surface area contributed by atoms with Gasteiger partial charge in [-0.15, -0.1) is 11.8 Å². The zero-order valence-electron chi connectivity index (χ0n) is 22.1. The van der Waals surface area contributed by atoms with E-state index < -0.39 is 0 Å². The summed E-state index contributed by atoms with van der Waals surface area (Å²) in [7, 11) is 3.27. The second-order valence-corrected chi connectivity index (χ2v) is 11.0. The van der Waals surface area contributed by atoms with Gasteiger partial charge in [-0.2, -0.15) is 0 Å². The molecule has 0 radical (unpaired) electrons. The van der Waals surface area contributed by atoms with Gasteiger partial charge in [0.15, 0.2) is 17.3 Å². The highest BCUT2D eigenvalue weighted by Crippen LogP contribution is 2.45. The van der Waals surface area contributed by atoms with Crippen LogP contribution in [0.1, 0.15) is 56.0 Å². The molecule has 4 aromatic heterocycles. The number of hydrogen-bond donors (Lipinski definition) is 1. The van der Waals surface area contributed by atoms with Crippen LogP contribution in [0.5, 0.6) is 5.88 Å². The van der Waals surface area contributed by atoms with Gasteiger partial charge in [-0.05, 0) is 43.6 Å². The van der Waals surface area contributed by atoms with Gasteiger partial charge in [-0.25, -0.2) is 24.9 Å². The minimum atomic E-state index is -0.233. The third-order valence-corrected chi connectivity index (χ3v) is 8.03. The number of pyridine rings is 1. The molecule has 1 N–H and O–H groups in total. The first kappa shape index (κ1) is 25.6. The summed E-state index contributed by atoms with van der Waals surface area (Å²) >= 11 is 1.74. The number of aromatic nitrogens is 7. The van der Waals surface area contributed by atoms with Gasteiger partial charge in [0.1, 0.15) is 17.4 Å². The molecule has 0 bridgehead atoms. The van der Waals surface area contributed by atoms with E-state index >= 15 is 0 Å². The maximum Gasteiger partial charge on any atom is 0.295 e. The molecule has 6 rings (SSSR count). The Kier molecular flexibility index (Phi) is 7.13. The van der Waals surface area contributed by atoms with E-state index in [-0.39, 0.29) is 23.5 Å². The lowest BCUT2D eigenvalue weighted by atomic mass is 9.89. The van der Waals surface area contributed by atoms with Crippen LogP contribution in [0.15, 0.2) is 40.5 Å². The lowest BCUT2D eigenvalue weighted by Crippen LogP contribution is -2.39. The van der Waals surface area contributed by atoms with Gasteiger partial charge in [0.05, 0.1) is 37.3 Å². The average Bonchev–Trinajstić information content (AvgIpc) is 3.78. The van der Waals surface area contributed by atoms with Crippen molar-refractivity contribution in [1.29, 1.82) is 0 Å². The number of hydrogen-bond acceptors (Lipinski definition) is 11. The van der Waals surface area contributed by atoms with Crippen LogP contribution in [-0.4, -0.2) is 60.5 Å².